The van der Waals surface area contributed by atoms with Crippen molar-refractivity contribution in [3.05, 3.63) is 15.8 Å². The number of ether oxygens (including phenoxy) is 1. The fourth-order valence-electron chi connectivity index (χ4n) is 0. The van der Waals surface area contributed by atoms with Crippen molar-refractivity contribution in [2.75, 3.05) is 7.11 Å². The number of nitrogens with one attached hydrogen (secondary N) is 1. The van der Waals surface area contributed by atoms with Crippen molar-refractivity contribution in [3.8, 4) is 0 Å². The minimum atomic E-state index is -1.50. The Morgan fingerprint density at radius 1 is 1.80 bits per heavy atom. The molecule has 0 saturated carbocycles. The molecule has 0 fully saturated rings. The van der Waals surface area contributed by atoms with Gasteiger partial charge in [-0.25, -0.2) is 0 Å². The van der Waals surface area contributed by atoms with E-state index in [1.165, 1.54) is 0 Å². The summed E-state index contributed by atoms with van der Waals surface area (Å²) in [6, 6.07) is 0. The molecular formula is C2H5N2O5Y-. The number of carbonyl (C=O) groups excluding carboxylic acids is 1. The molecule has 0 aliphatic rings. The van der Waals surface area contributed by atoms with E-state index >= 15 is 0 Å². The average molecular weight is 226 g/mol. The first-order valence-electron chi connectivity index (χ1n) is 1.63. The number of rotatable bonds is 0. The molecule has 57 valence electrons. The van der Waals surface area contributed by atoms with Crippen molar-refractivity contribution in [2.24, 2.45) is 0 Å². The molecule has 0 aromatic rings. The molecule has 7 nitrogen and oxygen atoms in total. The Bertz CT molecular complexity index is 102. The molecule has 2 N–H and O–H groups in total. The van der Waals surface area contributed by atoms with Crippen molar-refractivity contribution >= 4 is 6.09 Å². The molecule has 8 heteroatoms. The van der Waals surface area contributed by atoms with Gasteiger partial charge in [0.05, 0.1) is 7.11 Å². The Labute approximate surface area is 81.5 Å². The van der Waals surface area contributed by atoms with Crippen LogP contribution in [0.5, 0.6) is 0 Å². The molecule has 0 heterocycles. The normalized spacial score (nSPS) is 5.70. The van der Waals surface area contributed by atoms with Gasteiger partial charge in [-0.3, -0.25) is 4.79 Å². The van der Waals surface area contributed by atoms with Crippen LogP contribution >= 0.6 is 0 Å². The molecule has 0 aliphatic carbocycles. The van der Waals surface area contributed by atoms with E-state index in [1.807, 2.05) is 0 Å². The van der Waals surface area contributed by atoms with Crippen LogP contribution in [-0.4, -0.2) is 23.5 Å². The molecule has 0 aromatic heterocycles. The van der Waals surface area contributed by atoms with E-state index in [4.69, 9.17) is 21.1 Å². The van der Waals surface area contributed by atoms with Gasteiger partial charge in [0, 0.05) is 32.7 Å². The van der Waals surface area contributed by atoms with E-state index in [2.05, 4.69) is 4.74 Å². The third-order valence-corrected chi connectivity index (χ3v) is 0.185. The third-order valence-electron chi connectivity index (χ3n) is 0.185. The molecule has 0 unspecified atom stereocenters. The number of amides is 1. The Hall–Kier alpha value is -0.426. The van der Waals surface area contributed by atoms with E-state index in [0.717, 1.165) is 7.11 Å². The maximum absolute atomic E-state index is 9.26. The number of hydrogen-bond donors (Lipinski definition) is 1. The second kappa shape index (κ2) is 11.4. The predicted octanol–water partition coefficient (Wildman–Crippen LogP) is 0.455. The Kier molecular flexibility index (Phi) is 18.5. The molecule has 10 heavy (non-hydrogen) atoms. The van der Waals surface area contributed by atoms with Crippen molar-refractivity contribution in [1.29, 1.82) is 0 Å². The number of carbonyl (C=O) groups is 1. The van der Waals surface area contributed by atoms with E-state index in [-0.39, 0.29) is 32.7 Å². The van der Waals surface area contributed by atoms with Gasteiger partial charge in [0.25, 0.3) is 5.09 Å². The smallest absolute Gasteiger partial charge is 0.291 e. The molecule has 0 spiro atoms. The topological polar surface area (TPSA) is 113 Å². The van der Waals surface area contributed by atoms with Crippen LogP contribution in [0.4, 0.5) is 4.79 Å². The summed E-state index contributed by atoms with van der Waals surface area (Å²) in [5.74, 6) is 0. The zero-order valence-electron chi connectivity index (χ0n) is 5.10. The third kappa shape index (κ3) is 132. The fraction of sp³-hybridized carbons (Fsp3) is 0.500. The first-order chi connectivity index (χ1) is 4.00. The molecule has 1 radical (unpaired) electrons. The van der Waals surface area contributed by atoms with E-state index < -0.39 is 11.2 Å². The van der Waals surface area contributed by atoms with Crippen molar-refractivity contribution in [1.82, 2.24) is 0 Å². The molecule has 1 amide bonds. The fourth-order valence-corrected chi connectivity index (χ4v) is 0. The van der Waals surface area contributed by atoms with Gasteiger partial charge in [0.1, 0.15) is 0 Å². The summed E-state index contributed by atoms with van der Waals surface area (Å²) in [5.41, 5.74) is 5.97. The maximum Gasteiger partial charge on any atom is 0.291 e. The summed E-state index contributed by atoms with van der Waals surface area (Å²) < 4.78 is 3.78. The van der Waals surface area contributed by atoms with Crippen LogP contribution in [0.25, 0.3) is 5.73 Å². The second-order valence-electron chi connectivity index (χ2n) is 0.729. The summed E-state index contributed by atoms with van der Waals surface area (Å²) in [6.45, 7) is 0. The van der Waals surface area contributed by atoms with Crippen LogP contribution in [0, 0.1) is 10.1 Å². The van der Waals surface area contributed by atoms with Crippen molar-refractivity contribution in [2.45, 2.75) is 0 Å². The van der Waals surface area contributed by atoms with Crippen molar-refractivity contribution < 1.29 is 52.5 Å². The van der Waals surface area contributed by atoms with Gasteiger partial charge < -0.3 is 15.7 Å². The van der Waals surface area contributed by atoms with Crippen molar-refractivity contribution in [3.63, 3.8) is 0 Å². The van der Waals surface area contributed by atoms with Gasteiger partial charge in [-0.15, -0.1) is 10.1 Å². The van der Waals surface area contributed by atoms with Gasteiger partial charge in [0.15, 0.2) is 0 Å². The summed E-state index contributed by atoms with van der Waals surface area (Å²) >= 11 is 0. The first kappa shape index (κ1) is 16.3. The van der Waals surface area contributed by atoms with Gasteiger partial charge in [-0.1, -0.05) is 0 Å². The summed E-state index contributed by atoms with van der Waals surface area (Å²) in [7, 11) is 1.16. The van der Waals surface area contributed by atoms with E-state index in [1.54, 1.807) is 0 Å². The van der Waals surface area contributed by atoms with Crippen LogP contribution in [0.1, 0.15) is 0 Å². The second-order valence-corrected chi connectivity index (χ2v) is 0.729. The Morgan fingerprint density at radius 2 is 1.90 bits per heavy atom. The van der Waals surface area contributed by atoms with Crippen LogP contribution in [0.2, 0.25) is 0 Å². The van der Waals surface area contributed by atoms with Gasteiger partial charge in [0.2, 0.25) is 6.09 Å². The monoisotopic (exact) mass is 226 g/mol. The minimum Gasteiger partial charge on any atom is -0.632 e. The maximum atomic E-state index is 9.26. The number of hydrogen-bond acceptors (Lipinski definition) is 4. The standard InChI is InChI=1S/C2H5NO2.HNO3.Y/c1-5-2(3)4;2-1(3)4;/h1H3,(H2,3,4);(H,2,3,4);/p-1. The summed E-state index contributed by atoms with van der Waals surface area (Å²) in [6.07, 6.45) is -0.995. The largest absolute Gasteiger partial charge is 0.632 e. The Morgan fingerprint density at radius 3 is 1.90 bits per heavy atom. The minimum absolute atomic E-state index is 0. The van der Waals surface area contributed by atoms with Gasteiger partial charge >= 0.3 is 0 Å². The zero-order chi connectivity index (χ0) is 7.86. The average Bonchev–Trinajstić information content (AvgIpc) is 1.65. The number of methoxy groups -OCH3 is 1. The zero-order valence-corrected chi connectivity index (χ0v) is 7.94. The SMILES string of the molecule is COC([NH-])=O.O=[N+]([O-])O.[Y]. The van der Waals surface area contributed by atoms with Gasteiger partial charge in [-0.2, -0.15) is 0 Å². The Balaban J connectivity index is -0.0000000910. The molecular weight excluding hydrogens is 221 g/mol. The molecule has 0 atom stereocenters. The number of nitrogens with zero attached hydrogens (tertiary/aromatic N) is 1. The van der Waals surface area contributed by atoms with Crippen LogP contribution in [0.15, 0.2) is 0 Å². The quantitative estimate of drug-likeness (QED) is 0.475. The first-order valence-corrected chi connectivity index (χ1v) is 1.63. The molecule has 0 aliphatic heterocycles. The van der Waals surface area contributed by atoms with Crippen LogP contribution in [0.3, 0.4) is 0 Å². The van der Waals surface area contributed by atoms with E-state index in [0.29, 0.717) is 0 Å². The molecule has 0 rings (SSSR count). The predicted molar refractivity (Wildman–Crippen MR) is 25.5 cm³/mol. The van der Waals surface area contributed by atoms with Crippen LogP contribution in [-0.2, 0) is 37.4 Å². The summed E-state index contributed by atoms with van der Waals surface area (Å²) in [4.78, 5) is 17.6. The van der Waals surface area contributed by atoms with Crippen LogP contribution < -0.4 is 0 Å². The molecule has 0 bridgehead atoms. The molecule has 0 aromatic carbocycles. The van der Waals surface area contributed by atoms with E-state index in [9.17, 15) is 4.79 Å². The summed E-state index contributed by atoms with van der Waals surface area (Å²) in [5, 5.41) is 13.6. The molecule has 0 saturated heterocycles. The van der Waals surface area contributed by atoms with Gasteiger partial charge in [-0.05, 0) is 0 Å².